The van der Waals surface area contributed by atoms with E-state index in [2.05, 4.69) is 86.8 Å². The van der Waals surface area contributed by atoms with Gasteiger partial charge in [-0.2, -0.15) is 0 Å². The van der Waals surface area contributed by atoms with E-state index in [1.54, 1.807) is 0 Å². The Morgan fingerprint density at radius 2 is 0.559 bits per heavy atom. The summed E-state index contributed by atoms with van der Waals surface area (Å²) in [5.74, 6) is -0.807. The van der Waals surface area contributed by atoms with E-state index in [1.807, 2.05) is 21.1 Å². The third-order valence-corrected chi connectivity index (χ3v) is 21.2. The van der Waals surface area contributed by atoms with Gasteiger partial charge >= 0.3 is 11.9 Å². The van der Waals surface area contributed by atoms with Crippen molar-refractivity contribution >= 4 is 19.8 Å². The zero-order chi connectivity index (χ0) is 74.0. The molecular weight excluding hydrogens is 1280 g/mol. The van der Waals surface area contributed by atoms with Crippen molar-refractivity contribution in [2.75, 3.05) is 47.5 Å². The smallest absolute Gasteiger partial charge is 0.306 e. The molecule has 0 aromatic rings. The van der Waals surface area contributed by atoms with Crippen LogP contribution >= 0.6 is 7.82 Å². The average molecular weight is 1450 g/mol. The van der Waals surface area contributed by atoms with Crippen LogP contribution in [0.3, 0.4) is 0 Å². The van der Waals surface area contributed by atoms with E-state index in [0.717, 1.165) is 64.2 Å². The molecule has 0 rings (SSSR count). The lowest BCUT2D eigenvalue weighted by Crippen LogP contribution is -2.37. The van der Waals surface area contributed by atoms with Crippen LogP contribution in [0.1, 0.15) is 450 Å². The summed E-state index contributed by atoms with van der Waals surface area (Å²) >= 11 is 0. The molecule has 0 aliphatic rings. The maximum atomic E-state index is 12.9. The number of allylic oxidation sites excluding steroid dienone is 12. The largest absolute Gasteiger partial charge is 0.756 e. The molecule has 0 aromatic carbocycles. The molecule has 0 heterocycles. The van der Waals surface area contributed by atoms with Crippen LogP contribution in [0.5, 0.6) is 0 Å². The van der Waals surface area contributed by atoms with Gasteiger partial charge < -0.3 is 27.9 Å². The summed E-state index contributed by atoms with van der Waals surface area (Å²) in [7, 11) is 1.19. The van der Waals surface area contributed by atoms with Crippen LogP contribution in [0.15, 0.2) is 72.9 Å². The Morgan fingerprint density at radius 1 is 0.314 bits per heavy atom. The zero-order valence-corrected chi connectivity index (χ0v) is 69.5. The standard InChI is InChI=1S/C92H172NO8P/c1-6-8-10-12-14-16-18-20-22-24-26-28-30-32-34-36-38-40-42-44-46-48-50-52-54-56-58-60-62-64-66-68-70-72-74-76-78-80-82-84-91(94)98-88-90(89-100-102(96,97)99-87-86-93(3,4)5)101-92(95)85-83-81-79-77-75-73-71-69-67-65-63-61-59-57-55-53-51-49-47-45-43-41-39-37-35-33-31-29-27-25-23-21-19-17-15-13-11-9-7-2/h9,11,15,17,21,23-24,26-27,29,33,35,90H,6-8,10,12-14,16,18-20,22,25,28,30-32,34,36-89H2,1-5H3/b11-9-,17-15-,23-21-,26-24-,29-27-,35-33-. The number of carbonyl (C=O) groups is 2. The van der Waals surface area contributed by atoms with E-state index in [-0.39, 0.29) is 32.0 Å². The lowest BCUT2D eigenvalue weighted by Gasteiger charge is -2.28. The molecule has 10 heteroatoms. The van der Waals surface area contributed by atoms with Crippen LogP contribution in [0.2, 0.25) is 0 Å². The summed E-state index contributed by atoms with van der Waals surface area (Å²) in [6.07, 6.45) is 114. The van der Waals surface area contributed by atoms with Crippen LogP contribution in [-0.2, 0) is 32.7 Å². The molecule has 0 saturated heterocycles. The third-order valence-electron chi connectivity index (χ3n) is 20.2. The van der Waals surface area contributed by atoms with Gasteiger partial charge in [-0.25, -0.2) is 0 Å². The SMILES string of the molecule is CC/C=C\C/C=C\C/C=C\C/C=C\C/C=C\CCCCCCCCCCCCCCCCCCCCCCCCCC(=O)OC(COC(=O)CCCCCCCCCCCCCCCCCCCCCCCCCCCCC/C=C\CCCCCCCCCC)COP(=O)([O-])OCC[N+](C)(C)C. The van der Waals surface area contributed by atoms with Gasteiger partial charge in [-0.15, -0.1) is 0 Å². The highest BCUT2D eigenvalue weighted by atomic mass is 31.2. The van der Waals surface area contributed by atoms with Crippen molar-refractivity contribution in [3.05, 3.63) is 72.9 Å². The normalized spacial score (nSPS) is 13.3. The maximum Gasteiger partial charge on any atom is 0.306 e. The molecule has 0 aliphatic heterocycles. The summed E-state index contributed by atoms with van der Waals surface area (Å²) in [6.45, 7) is 4.20. The maximum absolute atomic E-state index is 12.9. The monoisotopic (exact) mass is 1450 g/mol. The van der Waals surface area contributed by atoms with E-state index in [4.69, 9.17) is 18.5 Å². The Balaban J connectivity index is 3.85. The van der Waals surface area contributed by atoms with Crippen molar-refractivity contribution in [3.8, 4) is 0 Å². The highest BCUT2D eigenvalue weighted by Gasteiger charge is 2.22. The fourth-order valence-corrected chi connectivity index (χ4v) is 14.2. The second kappa shape index (κ2) is 82.5. The Kier molecular flexibility index (Phi) is 80.4. The summed E-state index contributed by atoms with van der Waals surface area (Å²) in [5.41, 5.74) is 0. The molecule has 0 spiro atoms. The van der Waals surface area contributed by atoms with Crippen LogP contribution in [0.4, 0.5) is 0 Å². The van der Waals surface area contributed by atoms with Crippen molar-refractivity contribution in [2.24, 2.45) is 0 Å². The molecule has 0 fully saturated rings. The van der Waals surface area contributed by atoms with Gasteiger partial charge in [0.15, 0.2) is 6.10 Å². The first-order chi connectivity index (χ1) is 50.0. The molecule has 0 aliphatic carbocycles. The number of esters is 2. The van der Waals surface area contributed by atoms with Crippen molar-refractivity contribution in [3.63, 3.8) is 0 Å². The molecule has 9 nitrogen and oxygen atoms in total. The average Bonchev–Trinajstić information content (AvgIpc) is 0.914. The first-order valence-corrected chi connectivity index (χ1v) is 46.1. The minimum atomic E-state index is -4.65. The number of quaternary nitrogens is 1. The molecule has 102 heavy (non-hydrogen) atoms. The van der Waals surface area contributed by atoms with Crippen molar-refractivity contribution in [1.82, 2.24) is 0 Å². The summed E-state index contributed by atoms with van der Waals surface area (Å²) in [6, 6.07) is 0. The van der Waals surface area contributed by atoms with E-state index >= 15 is 0 Å². The highest BCUT2D eigenvalue weighted by molar-refractivity contribution is 7.45. The van der Waals surface area contributed by atoms with Crippen LogP contribution in [-0.4, -0.2) is 70.0 Å². The zero-order valence-electron chi connectivity index (χ0n) is 68.6. The fraction of sp³-hybridized carbons (Fsp3) is 0.848. The van der Waals surface area contributed by atoms with Gasteiger partial charge in [0.1, 0.15) is 19.8 Å². The first kappa shape index (κ1) is 99.5. The second-order valence-corrected chi connectivity index (χ2v) is 33.0. The Bertz CT molecular complexity index is 1950. The molecule has 598 valence electrons. The number of nitrogens with zero attached hydrogens (tertiary/aromatic N) is 1. The van der Waals surface area contributed by atoms with Crippen LogP contribution < -0.4 is 4.89 Å². The Morgan fingerprint density at radius 3 is 0.843 bits per heavy atom. The van der Waals surface area contributed by atoms with E-state index in [0.29, 0.717) is 17.4 Å². The van der Waals surface area contributed by atoms with Crippen LogP contribution in [0.25, 0.3) is 0 Å². The van der Waals surface area contributed by atoms with E-state index in [9.17, 15) is 19.0 Å². The fourth-order valence-electron chi connectivity index (χ4n) is 13.5. The molecule has 0 N–H and O–H groups in total. The minimum absolute atomic E-state index is 0.0283. The van der Waals surface area contributed by atoms with Gasteiger partial charge in [-0.3, -0.25) is 14.2 Å². The first-order valence-electron chi connectivity index (χ1n) is 44.6. The predicted octanol–water partition coefficient (Wildman–Crippen LogP) is 29.6. The molecular formula is C92H172NO8P. The number of phosphoric ester groups is 1. The number of rotatable bonds is 84. The molecule has 0 saturated carbocycles. The molecule has 0 bridgehead atoms. The number of unbranched alkanes of at least 4 members (excludes halogenated alkanes) is 58. The lowest BCUT2D eigenvalue weighted by atomic mass is 10.0. The molecule has 2 unspecified atom stereocenters. The Hall–Kier alpha value is -2.55. The topological polar surface area (TPSA) is 111 Å². The molecule has 0 radical (unpaired) electrons. The number of likely N-dealkylation sites (N-methyl/N-ethyl adjacent to an activating group) is 1. The molecule has 0 amide bonds. The number of ether oxygens (including phenoxy) is 2. The predicted molar refractivity (Wildman–Crippen MR) is 443 cm³/mol. The molecule has 2 atom stereocenters. The number of phosphoric acid groups is 1. The van der Waals surface area contributed by atoms with Crippen molar-refractivity contribution in [1.29, 1.82) is 0 Å². The van der Waals surface area contributed by atoms with Gasteiger partial charge in [-0.1, -0.05) is 427 Å². The van der Waals surface area contributed by atoms with Crippen molar-refractivity contribution in [2.45, 2.75) is 457 Å². The highest BCUT2D eigenvalue weighted by Crippen LogP contribution is 2.38. The van der Waals surface area contributed by atoms with Crippen LogP contribution in [0, 0.1) is 0 Å². The van der Waals surface area contributed by atoms with Gasteiger partial charge in [-0.05, 0) is 83.5 Å². The third kappa shape index (κ3) is 86.4. The number of hydrogen-bond acceptors (Lipinski definition) is 8. The quantitative estimate of drug-likeness (QED) is 0.0195. The lowest BCUT2D eigenvalue weighted by molar-refractivity contribution is -0.870. The summed E-state index contributed by atoms with van der Waals surface area (Å²) in [4.78, 5) is 38.3. The van der Waals surface area contributed by atoms with Gasteiger partial charge in [0.2, 0.25) is 0 Å². The van der Waals surface area contributed by atoms with E-state index < -0.39 is 26.5 Å². The second-order valence-electron chi connectivity index (χ2n) is 31.6. The Labute approximate surface area is 635 Å². The summed E-state index contributed by atoms with van der Waals surface area (Å²) < 4.78 is 34.5. The van der Waals surface area contributed by atoms with Crippen molar-refractivity contribution < 1.29 is 42.1 Å². The molecule has 0 aromatic heterocycles. The van der Waals surface area contributed by atoms with E-state index in [1.165, 1.54) is 353 Å². The number of hydrogen-bond donors (Lipinski definition) is 0. The van der Waals surface area contributed by atoms with Gasteiger partial charge in [0.25, 0.3) is 7.82 Å². The van der Waals surface area contributed by atoms with Gasteiger partial charge in [0.05, 0.1) is 27.7 Å². The van der Waals surface area contributed by atoms with Gasteiger partial charge in [0, 0.05) is 12.8 Å². The number of carbonyl (C=O) groups excluding carboxylic acids is 2. The minimum Gasteiger partial charge on any atom is -0.756 e. The summed E-state index contributed by atoms with van der Waals surface area (Å²) in [5, 5.41) is 0.